The maximum atomic E-state index is 6.49. The second-order valence-corrected chi connectivity index (χ2v) is 21.5. The summed E-state index contributed by atoms with van der Waals surface area (Å²) in [7, 11) is 0.302. The molecule has 0 aliphatic carbocycles. The number of furan rings is 1. The minimum absolute atomic E-state index is 0. The van der Waals surface area contributed by atoms with Crippen molar-refractivity contribution in [3.63, 3.8) is 0 Å². The molecule has 0 atom stereocenters. The van der Waals surface area contributed by atoms with Gasteiger partial charge in [-0.25, -0.2) is 0 Å². The van der Waals surface area contributed by atoms with Crippen LogP contribution in [-0.4, -0.2) is 25.2 Å². The van der Waals surface area contributed by atoms with Gasteiger partial charge in [0.2, 0.25) is 0 Å². The van der Waals surface area contributed by atoms with Gasteiger partial charge in [-0.15, -0.1) is 48.0 Å². The van der Waals surface area contributed by atoms with Gasteiger partial charge in [0.25, 0.3) is 0 Å². The van der Waals surface area contributed by atoms with E-state index in [1.165, 1.54) is 33.0 Å². The monoisotopic (exact) mass is 965 g/mol. The average Bonchev–Trinajstić information content (AvgIpc) is 3.61. The molecule has 9 aromatic rings. The van der Waals surface area contributed by atoms with E-state index < -0.39 is 8.07 Å². The minimum atomic E-state index is -1.38. The van der Waals surface area contributed by atoms with Gasteiger partial charge >= 0.3 is 0 Å². The van der Waals surface area contributed by atoms with E-state index in [0.717, 1.165) is 73.0 Å². The Bertz CT molecular complexity index is 2890. The molecule has 0 bridgehead atoms. The SMILES string of the molecule is COc1cc[c-]c(-c2cc(CC(C)C)c([Si](C)(C)C)cn2)c1.Cc1cc(-c2ccccc2)cc(-c2ccc3c(c2)oc2c(-c4cc5ccccc5cn4)[c-]ccc23)c1.[Ir]. The van der Waals surface area contributed by atoms with Gasteiger partial charge in [-0.2, -0.15) is 0 Å². The molecule has 0 saturated carbocycles. The van der Waals surface area contributed by atoms with E-state index in [9.17, 15) is 0 Å². The van der Waals surface area contributed by atoms with E-state index in [0.29, 0.717) is 5.92 Å². The molecule has 3 heterocycles. The standard InChI is InChI=1S/C34H22NO.C19H26NOSi.Ir/c1-22-16-27(23-8-3-2-4-9-23)18-28(17-22)25-14-15-29-30-12-7-13-31(34(30)36-33(29)20-25)32-19-24-10-5-6-11-26(24)21-35-32;1-14(2)10-16-12-18(20-13-19(16)22(4,5)6)15-8-7-9-17(11-15)21-3;/h2-12,14-21H,1H3;7,9,11-14H,10H2,1-6H3;/q2*-1;. The van der Waals surface area contributed by atoms with Gasteiger partial charge in [-0.05, 0) is 86.6 Å². The third-order valence-corrected chi connectivity index (χ3v) is 12.6. The zero-order chi connectivity index (χ0) is 40.4. The second kappa shape index (κ2) is 17.7. The number of ether oxygens (including phenoxy) is 1. The zero-order valence-corrected chi connectivity index (χ0v) is 38.1. The van der Waals surface area contributed by atoms with Crippen LogP contribution in [0.5, 0.6) is 5.75 Å². The topological polar surface area (TPSA) is 48.2 Å². The van der Waals surface area contributed by atoms with Crippen molar-refractivity contribution in [2.24, 2.45) is 5.92 Å². The van der Waals surface area contributed by atoms with Crippen LogP contribution in [-0.2, 0) is 26.5 Å². The van der Waals surface area contributed by atoms with E-state index >= 15 is 0 Å². The number of aryl methyl sites for hydroxylation is 1. The summed E-state index contributed by atoms with van der Waals surface area (Å²) >= 11 is 0. The van der Waals surface area contributed by atoms with Gasteiger partial charge in [-0.1, -0.05) is 141 Å². The Hall–Kier alpha value is -5.65. The van der Waals surface area contributed by atoms with Crippen LogP contribution in [0.4, 0.5) is 0 Å². The molecule has 297 valence electrons. The van der Waals surface area contributed by atoms with Crippen molar-refractivity contribution in [3.05, 3.63) is 169 Å². The van der Waals surface area contributed by atoms with Crippen molar-refractivity contribution in [1.82, 2.24) is 9.97 Å². The molecule has 0 unspecified atom stereocenters. The summed E-state index contributed by atoms with van der Waals surface area (Å²) < 4.78 is 11.8. The number of nitrogens with zero attached hydrogens (tertiary/aromatic N) is 2. The van der Waals surface area contributed by atoms with Crippen LogP contribution in [0.2, 0.25) is 19.6 Å². The Morgan fingerprint density at radius 2 is 1.37 bits per heavy atom. The molecule has 4 nitrogen and oxygen atoms in total. The fourth-order valence-corrected chi connectivity index (χ4v) is 9.32. The molecular weight excluding hydrogens is 917 g/mol. The molecule has 0 saturated heterocycles. The van der Waals surface area contributed by atoms with Crippen LogP contribution in [0.3, 0.4) is 0 Å². The number of benzene rings is 6. The van der Waals surface area contributed by atoms with Gasteiger partial charge in [0.05, 0.1) is 20.8 Å². The number of rotatable bonds is 8. The number of fused-ring (bicyclic) bond motifs is 4. The molecule has 0 spiro atoms. The predicted molar refractivity (Wildman–Crippen MR) is 245 cm³/mol. The number of methoxy groups -OCH3 is 1. The Kier molecular flexibility index (Phi) is 12.4. The van der Waals surface area contributed by atoms with Crippen molar-refractivity contribution < 1.29 is 29.3 Å². The quantitative estimate of drug-likeness (QED) is 0.112. The predicted octanol–water partition coefficient (Wildman–Crippen LogP) is 13.5. The van der Waals surface area contributed by atoms with Crippen LogP contribution in [0.1, 0.15) is 25.0 Å². The minimum Gasteiger partial charge on any atom is -0.516 e. The first-order chi connectivity index (χ1) is 28.0. The van der Waals surface area contributed by atoms with Crippen LogP contribution in [0.25, 0.3) is 77.5 Å². The summed E-state index contributed by atoms with van der Waals surface area (Å²) in [6, 6.07) is 52.8. The molecule has 9 rings (SSSR count). The molecule has 59 heavy (non-hydrogen) atoms. The van der Waals surface area contributed by atoms with Crippen molar-refractivity contribution >= 4 is 46.0 Å². The fourth-order valence-electron chi connectivity index (χ4n) is 7.73. The molecule has 0 N–H and O–H groups in total. The molecule has 6 aromatic carbocycles. The summed E-state index contributed by atoms with van der Waals surface area (Å²) in [5.74, 6) is 1.48. The summed E-state index contributed by atoms with van der Waals surface area (Å²) in [5, 5.41) is 5.92. The number of pyridine rings is 2. The van der Waals surface area contributed by atoms with Crippen LogP contribution in [0, 0.1) is 25.0 Å². The van der Waals surface area contributed by atoms with Gasteiger partial charge in [0.15, 0.2) is 0 Å². The second-order valence-electron chi connectivity index (χ2n) is 16.5. The summed E-state index contributed by atoms with van der Waals surface area (Å²) in [5.41, 5.74) is 12.8. The Labute approximate surface area is 362 Å². The van der Waals surface area contributed by atoms with E-state index in [1.807, 2.05) is 42.6 Å². The summed E-state index contributed by atoms with van der Waals surface area (Å²) in [6.45, 7) is 13.8. The molecule has 6 heteroatoms. The maximum absolute atomic E-state index is 6.49. The summed E-state index contributed by atoms with van der Waals surface area (Å²) in [6.07, 6.45) is 5.10. The summed E-state index contributed by atoms with van der Waals surface area (Å²) in [4.78, 5) is 9.43. The van der Waals surface area contributed by atoms with Crippen LogP contribution in [0.15, 0.2) is 150 Å². The van der Waals surface area contributed by atoms with E-state index in [2.05, 4.69) is 156 Å². The van der Waals surface area contributed by atoms with Crippen molar-refractivity contribution in [3.8, 4) is 50.5 Å². The third-order valence-electron chi connectivity index (χ3n) is 10.5. The third kappa shape index (κ3) is 9.16. The van der Waals surface area contributed by atoms with Gasteiger partial charge < -0.3 is 19.1 Å². The molecule has 1 radical (unpaired) electrons. The van der Waals surface area contributed by atoms with E-state index in [4.69, 9.17) is 19.1 Å². The molecule has 0 amide bonds. The number of hydrogen-bond donors (Lipinski definition) is 0. The first-order valence-electron chi connectivity index (χ1n) is 20.0. The molecule has 0 aliphatic rings. The van der Waals surface area contributed by atoms with Crippen LogP contribution < -0.4 is 9.92 Å². The van der Waals surface area contributed by atoms with Crippen LogP contribution >= 0.6 is 0 Å². The van der Waals surface area contributed by atoms with E-state index in [1.54, 1.807) is 7.11 Å². The normalized spacial score (nSPS) is 11.4. The Morgan fingerprint density at radius 1 is 0.661 bits per heavy atom. The molecule has 0 fully saturated rings. The zero-order valence-electron chi connectivity index (χ0n) is 34.7. The van der Waals surface area contributed by atoms with E-state index in [-0.39, 0.29) is 20.1 Å². The molecular formula is C53H48IrN2O2Si-2. The fraction of sp³-hybridized carbons (Fsp3) is 0.170. The Morgan fingerprint density at radius 3 is 2.12 bits per heavy atom. The van der Waals surface area contributed by atoms with Crippen molar-refractivity contribution in [2.75, 3.05) is 7.11 Å². The molecule has 3 aromatic heterocycles. The van der Waals surface area contributed by atoms with Gasteiger partial charge in [0, 0.05) is 43.6 Å². The molecule has 0 aliphatic heterocycles. The first kappa shape index (κ1) is 41.5. The van der Waals surface area contributed by atoms with Crippen molar-refractivity contribution in [2.45, 2.75) is 46.8 Å². The first-order valence-corrected chi connectivity index (χ1v) is 23.5. The Balaban J connectivity index is 0.000000199. The van der Waals surface area contributed by atoms with Gasteiger partial charge in [0.1, 0.15) is 5.58 Å². The maximum Gasteiger partial charge on any atom is 0.121 e. The number of hydrogen-bond acceptors (Lipinski definition) is 4. The smallest absolute Gasteiger partial charge is 0.121 e. The van der Waals surface area contributed by atoms with Crippen molar-refractivity contribution in [1.29, 1.82) is 0 Å². The van der Waals surface area contributed by atoms with Gasteiger partial charge in [-0.3, -0.25) is 0 Å². The largest absolute Gasteiger partial charge is 0.516 e. The average molecular weight is 965 g/mol. The number of aromatic nitrogens is 2.